The average molecular weight is 304 g/mol. The second-order valence-electron chi connectivity index (χ2n) is 6.44. The van der Waals surface area contributed by atoms with Crippen LogP contribution in [0, 0.1) is 0 Å². The monoisotopic (exact) mass is 304 g/mol. The Morgan fingerprint density at radius 1 is 0.905 bits per heavy atom. The van der Waals surface area contributed by atoms with E-state index in [2.05, 4.69) is 10.6 Å². The molecule has 0 aromatic carbocycles. The molecule has 3 N–H and O–H groups in total. The summed E-state index contributed by atoms with van der Waals surface area (Å²) in [5.74, 6) is -1.19. The average Bonchev–Trinajstić information content (AvgIpc) is 2.07. The van der Waals surface area contributed by atoms with Crippen LogP contribution in [-0.4, -0.2) is 40.6 Å². The molecule has 0 aliphatic heterocycles. The molecular weight excluding hydrogens is 280 g/mol. The second-order valence-corrected chi connectivity index (χ2v) is 6.44. The summed E-state index contributed by atoms with van der Waals surface area (Å²) >= 11 is 0. The normalized spacial score (nSPS) is 11.8. The maximum absolute atomic E-state index is 11.6. The molecule has 0 saturated heterocycles. The number of aliphatic carboxylic acids is 1. The maximum Gasteiger partial charge on any atom is 0.409 e. The summed E-state index contributed by atoms with van der Waals surface area (Å²) in [6.07, 6.45) is -3.29. The molecule has 8 heteroatoms. The Morgan fingerprint density at radius 2 is 1.24 bits per heavy atom. The Bertz CT molecular complexity index is 364. The fourth-order valence-corrected chi connectivity index (χ4v) is 1.21. The summed E-state index contributed by atoms with van der Waals surface area (Å²) in [4.78, 5) is 34.0. The van der Waals surface area contributed by atoms with Crippen molar-refractivity contribution in [3.8, 4) is 0 Å². The molecule has 0 spiro atoms. The number of alkyl carbamates (subject to hydrolysis) is 2. The molecule has 0 aliphatic carbocycles. The highest BCUT2D eigenvalue weighted by Gasteiger charge is 2.24. The first-order valence-electron chi connectivity index (χ1n) is 6.49. The molecule has 0 fully saturated rings. The lowest BCUT2D eigenvalue weighted by Gasteiger charge is -2.25. The summed E-state index contributed by atoms with van der Waals surface area (Å²) in [5.41, 5.74) is -1.46. The number of ether oxygens (including phenoxy) is 2. The number of nitrogens with one attached hydrogen (secondary N) is 2. The van der Waals surface area contributed by atoms with Gasteiger partial charge in [-0.05, 0) is 41.5 Å². The van der Waals surface area contributed by atoms with E-state index in [0.717, 1.165) is 0 Å². The number of hydrogen-bond acceptors (Lipinski definition) is 5. The van der Waals surface area contributed by atoms with Gasteiger partial charge in [0.2, 0.25) is 0 Å². The number of carboxylic acids is 1. The summed E-state index contributed by atoms with van der Waals surface area (Å²) in [6, 6.07) is 0. The number of carbonyl (C=O) groups is 3. The van der Waals surface area contributed by atoms with Gasteiger partial charge in [0.05, 0.1) is 6.42 Å². The number of carbonyl (C=O) groups excluding carboxylic acids is 2. The van der Waals surface area contributed by atoms with Crippen molar-refractivity contribution >= 4 is 18.2 Å². The van der Waals surface area contributed by atoms with Crippen LogP contribution in [0.2, 0.25) is 0 Å². The zero-order valence-corrected chi connectivity index (χ0v) is 13.3. The molecule has 0 saturated carbocycles. The van der Waals surface area contributed by atoms with Crippen LogP contribution in [0.4, 0.5) is 9.59 Å². The van der Waals surface area contributed by atoms with E-state index in [1.54, 1.807) is 41.5 Å². The van der Waals surface area contributed by atoms with Crippen molar-refractivity contribution in [3.63, 3.8) is 0 Å². The predicted octanol–water partition coefficient (Wildman–Crippen LogP) is 1.84. The van der Waals surface area contributed by atoms with Crippen molar-refractivity contribution in [1.82, 2.24) is 10.6 Å². The first-order valence-corrected chi connectivity index (χ1v) is 6.49. The molecule has 0 atom stereocenters. The van der Waals surface area contributed by atoms with Gasteiger partial charge in [-0.1, -0.05) is 0 Å². The Morgan fingerprint density at radius 3 is 1.48 bits per heavy atom. The van der Waals surface area contributed by atoms with E-state index in [-0.39, 0.29) is 0 Å². The van der Waals surface area contributed by atoms with Gasteiger partial charge < -0.3 is 25.2 Å². The topological polar surface area (TPSA) is 114 Å². The van der Waals surface area contributed by atoms with Crippen molar-refractivity contribution in [2.24, 2.45) is 0 Å². The van der Waals surface area contributed by atoms with E-state index in [9.17, 15) is 14.4 Å². The van der Waals surface area contributed by atoms with Gasteiger partial charge in [0.1, 0.15) is 17.4 Å². The Hall–Kier alpha value is -1.99. The molecule has 122 valence electrons. The van der Waals surface area contributed by atoms with E-state index in [0.29, 0.717) is 0 Å². The number of rotatable bonds is 4. The second kappa shape index (κ2) is 7.14. The third kappa shape index (κ3) is 11.5. The van der Waals surface area contributed by atoms with E-state index in [1.165, 1.54) is 0 Å². The highest BCUT2D eigenvalue weighted by Crippen LogP contribution is 2.08. The molecule has 8 nitrogen and oxygen atoms in total. The first-order chi connectivity index (χ1) is 9.28. The first kappa shape index (κ1) is 19.0. The number of amides is 2. The van der Waals surface area contributed by atoms with Crippen molar-refractivity contribution in [2.75, 3.05) is 0 Å². The van der Waals surface area contributed by atoms with E-state index >= 15 is 0 Å². The van der Waals surface area contributed by atoms with E-state index < -0.39 is 41.9 Å². The quantitative estimate of drug-likeness (QED) is 0.683. The van der Waals surface area contributed by atoms with Gasteiger partial charge in [0, 0.05) is 0 Å². The van der Waals surface area contributed by atoms with E-state index in [4.69, 9.17) is 14.6 Å². The van der Waals surface area contributed by atoms with Crippen LogP contribution in [0.25, 0.3) is 0 Å². The molecule has 21 heavy (non-hydrogen) atoms. The predicted molar refractivity (Wildman–Crippen MR) is 74.8 cm³/mol. The standard InChI is InChI=1S/C13H24N2O6/c1-12(2,3)20-10(18)14-8(7-9(16)17)15-11(19)21-13(4,5)6/h8H,7H2,1-6H3,(H,14,18)(H,15,19)(H,16,17). The molecule has 0 rings (SSSR count). The summed E-state index contributed by atoms with van der Waals surface area (Å²) < 4.78 is 9.99. The van der Waals surface area contributed by atoms with Gasteiger partial charge in [0.25, 0.3) is 0 Å². The van der Waals surface area contributed by atoms with Crippen LogP contribution in [0.3, 0.4) is 0 Å². The fraction of sp³-hybridized carbons (Fsp3) is 0.769. The minimum Gasteiger partial charge on any atom is -0.481 e. The number of hydrogen-bond donors (Lipinski definition) is 3. The third-order valence-electron chi connectivity index (χ3n) is 1.76. The van der Waals surface area contributed by atoms with Gasteiger partial charge in [-0.3, -0.25) is 4.79 Å². The lowest BCUT2D eigenvalue weighted by molar-refractivity contribution is -0.137. The minimum absolute atomic E-state index is 0.502. The smallest absolute Gasteiger partial charge is 0.409 e. The Balaban J connectivity index is 4.63. The van der Waals surface area contributed by atoms with Crippen molar-refractivity contribution in [2.45, 2.75) is 65.3 Å². The zero-order valence-electron chi connectivity index (χ0n) is 13.3. The summed E-state index contributed by atoms with van der Waals surface area (Å²) in [5, 5.41) is 13.3. The molecule has 0 aliphatic rings. The molecular formula is C13H24N2O6. The van der Waals surface area contributed by atoms with Gasteiger partial charge in [0.15, 0.2) is 0 Å². The van der Waals surface area contributed by atoms with Crippen LogP contribution in [0.1, 0.15) is 48.0 Å². The van der Waals surface area contributed by atoms with Gasteiger partial charge in [-0.25, -0.2) is 9.59 Å². The van der Waals surface area contributed by atoms with Gasteiger partial charge in [-0.15, -0.1) is 0 Å². The maximum atomic E-state index is 11.6. The number of carboxylic acid groups (broad SMARTS) is 1. The minimum atomic E-state index is -1.19. The van der Waals surface area contributed by atoms with Crippen LogP contribution in [-0.2, 0) is 14.3 Å². The molecule has 0 aromatic heterocycles. The molecule has 0 radical (unpaired) electrons. The molecule has 0 bridgehead atoms. The van der Waals surface area contributed by atoms with Crippen molar-refractivity contribution in [1.29, 1.82) is 0 Å². The zero-order chi connectivity index (χ0) is 16.8. The van der Waals surface area contributed by atoms with Gasteiger partial charge in [-0.2, -0.15) is 0 Å². The van der Waals surface area contributed by atoms with Crippen LogP contribution >= 0.6 is 0 Å². The molecule has 0 heterocycles. The fourth-order valence-electron chi connectivity index (χ4n) is 1.21. The Labute approximate surface area is 124 Å². The molecule has 2 amide bonds. The van der Waals surface area contributed by atoms with Crippen molar-refractivity contribution < 1.29 is 29.0 Å². The molecule has 0 aromatic rings. The lowest BCUT2D eigenvalue weighted by atomic mass is 10.2. The summed E-state index contributed by atoms with van der Waals surface area (Å²) in [7, 11) is 0. The van der Waals surface area contributed by atoms with Crippen LogP contribution in [0.5, 0.6) is 0 Å². The van der Waals surface area contributed by atoms with Crippen LogP contribution < -0.4 is 10.6 Å². The SMILES string of the molecule is CC(C)(C)OC(=O)NC(CC(=O)O)NC(=O)OC(C)(C)C. The van der Waals surface area contributed by atoms with Crippen molar-refractivity contribution in [3.05, 3.63) is 0 Å². The summed E-state index contributed by atoms with van der Waals surface area (Å²) in [6.45, 7) is 10.0. The van der Waals surface area contributed by atoms with Crippen LogP contribution in [0.15, 0.2) is 0 Å². The highest BCUT2D eigenvalue weighted by molar-refractivity contribution is 5.74. The highest BCUT2D eigenvalue weighted by atomic mass is 16.6. The largest absolute Gasteiger partial charge is 0.481 e. The third-order valence-corrected chi connectivity index (χ3v) is 1.76. The Kier molecular flexibility index (Phi) is 6.47. The van der Waals surface area contributed by atoms with E-state index in [1.807, 2.05) is 0 Å². The van der Waals surface area contributed by atoms with Gasteiger partial charge >= 0.3 is 18.2 Å². The molecule has 0 unspecified atom stereocenters. The lowest BCUT2D eigenvalue weighted by Crippen LogP contribution is -2.51.